The van der Waals surface area contributed by atoms with E-state index in [1.807, 2.05) is 24.3 Å². The Morgan fingerprint density at radius 2 is 2.10 bits per heavy atom. The van der Waals surface area contributed by atoms with Crippen LogP contribution in [0.1, 0.15) is 15.9 Å². The molecule has 20 heavy (non-hydrogen) atoms. The van der Waals surface area contributed by atoms with Gasteiger partial charge in [-0.3, -0.25) is 0 Å². The second kappa shape index (κ2) is 5.35. The van der Waals surface area contributed by atoms with Crippen LogP contribution >= 0.6 is 11.6 Å². The van der Waals surface area contributed by atoms with E-state index in [2.05, 4.69) is 9.97 Å². The van der Waals surface area contributed by atoms with Gasteiger partial charge in [-0.05, 0) is 12.1 Å². The second-order valence-electron chi connectivity index (χ2n) is 4.31. The van der Waals surface area contributed by atoms with E-state index in [1.54, 1.807) is 24.5 Å². The number of hydrogen-bond acceptors (Lipinski definition) is 3. The molecule has 0 unspecified atom stereocenters. The Morgan fingerprint density at radius 1 is 1.25 bits per heavy atom. The van der Waals surface area contributed by atoms with Crippen molar-refractivity contribution < 1.29 is 9.53 Å². The molecule has 0 spiro atoms. The number of fused-ring (bicyclic) bond motifs is 1. The summed E-state index contributed by atoms with van der Waals surface area (Å²) in [6.45, 7) is 0.169. The van der Waals surface area contributed by atoms with Gasteiger partial charge in [0.15, 0.2) is 0 Å². The van der Waals surface area contributed by atoms with Crippen LogP contribution in [-0.4, -0.2) is 15.9 Å². The first-order chi connectivity index (χ1) is 9.74. The first-order valence-corrected chi connectivity index (χ1v) is 6.45. The molecule has 0 bridgehead atoms. The molecule has 3 rings (SSSR count). The van der Waals surface area contributed by atoms with Gasteiger partial charge in [0.2, 0.25) is 0 Å². The van der Waals surface area contributed by atoms with Crippen molar-refractivity contribution >= 4 is 28.5 Å². The van der Waals surface area contributed by atoms with Crippen LogP contribution in [0.4, 0.5) is 0 Å². The third-order valence-corrected chi connectivity index (χ3v) is 3.19. The predicted molar refractivity (Wildman–Crippen MR) is 76.7 cm³/mol. The maximum absolute atomic E-state index is 12.1. The first-order valence-electron chi connectivity index (χ1n) is 6.08. The number of pyridine rings is 1. The van der Waals surface area contributed by atoms with Gasteiger partial charge in [-0.1, -0.05) is 35.9 Å². The van der Waals surface area contributed by atoms with Crippen molar-refractivity contribution in [1.82, 2.24) is 9.97 Å². The van der Waals surface area contributed by atoms with E-state index < -0.39 is 0 Å². The van der Waals surface area contributed by atoms with E-state index in [0.717, 1.165) is 16.5 Å². The van der Waals surface area contributed by atoms with Crippen molar-refractivity contribution in [3.63, 3.8) is 0 Å². The summed E-state index contributed by atoms with van der Waals surface area (Å²) >= 11 is 5.70. The van der Waals surface area contributed by atoms with Crippen molar-refractivity contribution in [2.75, 3.05) is 0 Å². The lowest BCUT2D eigenvalue weighted by Gasteiger charge is -2.04. The standard InChI is InChI=1S/C15H11ClN2O2/c16-14-6-5-10(7-18-14)9-20-15(19)12-8-17-13-4-2-1-3-11(12)13/h1-8,17H,9H2. The fourth-order valence-electron chi connectivity index (χ4n) is 1.96. The maximum atomic E-state index is 12.1. The van der Waals surface area contributed by atoms with Crippen molar-refractivity contribution in [2.24, 2.45) is 0 Å². The number of esters is 1. The number of halogens is 1. The van der Waals surface area contributed by atoms with Crippen molar-refractivity contribution in [1.29, 1.82) is 0 Å². The van der Waals surface area contributed by atoms with E-state index >= 15 is 0 Å². The van der Waals surface area contributed by atoms with E-state index in [0.29, 0.717) is 10.7 Å². The average Bonchev–Trinajstić information content (AvgIpc) is 2.90. The number of carbonyl (C=O) groups excluding carboxylic acids is 1. The zero-order valence-corrected chi connectivity index (χ0v) is 11.2. The van der Waals surface area contributed by atoms with Crippen molar-refractivity contribution in [3.8, 4) is 0 Å². The molecular formula is C15H11ClN2O2. The van der Waals surface area contributed by atoms with Crippen LogP contribution in [0.5, 0.6) is 0 Å². The molecule has 0 aliphatic rings. The Balaban J connectivity index is 1.75. The topological polar surface area (TPSA) is 55.0 Å². The van der Waals surface area contributed by atoms with Crippen LogP contribution in [0, 0.1) is 0 Å². The van der Waals surface area contributed by atoms with Gasteiger partial charge < -0.3 is 9.72 Å². The summed E-state index contributed by atoms with van der Waals surface area (Å²) in [5.74, 6) is -0.364. The summed E-state index contributed by atoms with van der Waals surface area (Å²) in [6.07, 6.45) is 3.25. The number of ether oxygens (including phenoxy) is 1. The fourth-order valence-corrected chi connectivity index (χ4v) is 2.07. The van der Waals surface area contributed by atoms with Crippen LogP contribution in [0.2, 0.25) is 5.15 Å². The van der Waals surface area contributed by atoms with Crippen LogP contribution in [0.3, 0.4) is 0 Å². The van der Waals surface area contributed by atoms with Crippen molar-refractivity contribution in [3.05, 3.63) is 65.1 Å². The zero-order valence-electron chi connectivity index (χ0n) is 10.5. The van der Waals surface area contributed by atoms with Crippen LogP contribution in [0.15, 0.2) is 48.8 Å². The molecule has 2 heterocycles. The number of aromatic amines is 1. The SMILES string of the molecule is O=C(OCc1ccc(Cl)nc1)c1c[nH]c2ccccc12. The maximum Gasteiger partial charge on any atom is 0.340 e. The van der Waals surface area contributed by atoms with E-state index in [4.69, 9.17) is 16.3 Å². The second-order valence-corrected chi connectivity index (χ2v) is 4.70. The number of benzene rings is 1. The minimum Gasteiger partial charge on any atom is -0.457 e. The van der Waals surface area contributed by atoms with Gasteiger partial charge in [-0.15, -0.1) is 0 Å². The summed E-state index contributed by atoms with van der Waals surface area (Å²) < 4.78 is 5.28. The largest absolute Gasteiger partial charge is 0.457 e. The number of H-pyrrole nitrogens is 1. The van der Waals surface area contributed by atoms with Gasteiger partial charge in [-0.2, -0.15) is 0 Å². The molecule has 0 aliphatic heterocycles. The number of rotatable bonds is 3. The Labute approximate surface area is 120 Å². The highest BCUT2D eigenvalue weighted by atomic mass is 35.5. The molecule has 4 nitrogen and oxygen atoms in total. The van der Waals surface area contributed by atoms with Gasteiger partial charge >= 0.3 is 5.97 Å². The molecule has 0 fully saturated rings. The summed E-state index contributed by atoms with van der Waals surface area (Å²) in [4.78, 5) is 19.1. The summed E-state index contributed by atoms with van der Waals surface area (Å²) in [5.41, 5.74) is 2.23. The smallest absolute Gasteiger partial charge is 0.340 e. The molecule has 100 valence electrons. The number of carbonyl (C=O) groups is 1. The molecule has 0 saturated heterocycles. The van der Waals surface area contributed by atoms with Crippen LogP contribution in [0.25, 0.3) is 10.9 Å². The number of para-hydroxylation sites is 1. The monoisotopic (exact) mass is 286 g/mol. The molecule has 0 amide bonds. The lowest BCUT2D eigenvalue weighted by Crippen LogP contribution is -2.04. The molecule has 5 heteroatoms. The molecular weight excluding hydrogens is 276 g/mol. The molecule has 0 aliphatic carbocycles. The quantitative estimate of drug-likeness (QED) is 0.591. The number of hydrogen-bond donors (Lipinski definition) is 1. The van der Waals surface area contributed by atoms with Gasteiger partial charge in [0, 0.05) is 28.9 Å². The van der Waals surface area contributed by atoms with E-state index in [9.17, 15) is 4.79 Å². The third-order valence-electron chi connectivity index (χ3n) is 2.97. The van der Waals surface area contributed by atoms with Gasteiger partial charge in [0.1, 0.15) is 11.8 Å². The molecule has 0 saturated carbocycles. The first kappa shape index (κ1) is 12.7. The van der Waals surface area contributed by atoms with E-state index in [-0.39, 0.29) is 12.6 Å². The summed E-state index contributed by atoms with van der Waals surface area (Å²) in [6, 6.07) is 11.0. The lowest BCUT2D eigenvalue weighted by molar-refractivity contribution is 0.0475. The van der Waals surface area contributed by atoms with Gasteiger partial charge in [-0.25, -0.2) is 9.78 Å². The zero-order chi connectivity index (χ0) is 13.9. The summed E-state index contributed by atoms with van der Waals surface area (Å²) in [5, 5.41) is 1.27. The predicted octanol–water partition coefficient (Wildman–Crippen LogP) is 3.57. The Kier molecular flexibility index (Phi) is 3.39. The summed E-state index contributed by atoms with van der Waals surface area (Å²) in [7, 11) is 0. The molecule has 3 aromatic rings. The molecule has 1 N–H and O–H groups in total. The molecule has 1 aromatic carbocycles. The minimum absolute atomic E-state index is 0.169. The third kappa shape index (κ3) is 2.51. The van der Waals surface area contributed by atoms with Gasteiger partial charge in [0.25, 0.3) is 0 Å². The number of nitrogens with zero attached hydrogens (tertiary/aromatic N) is 1. The average molecular weight is 287 g/mol. The number of aromatic nitrogens is 2. The highest BCUT2D eigenvalue weighted by Gasteiger charge is 2.13. The van der Waals surface area contributed by atoms with Crippen LogP contribution in [-0.2, 0) is 11.3 Å². The molecule has 0 atom stereocenters. The molecule has 0 radical (unpaired) electrons. The molecule has 2 aromatic heterocycles. The Bertz CT molecular complexity index is 750. The van der Waals surface area contributed by atoms with Crippen molar-refractivity contribution in [2.45, 2.75) is 6.61 Å². The highest BCUT2D eigenvalue weighted by molar-refractivity contribution is 6.29. The normalized spacial score (nSPS) is 10.7. The van der Waals surface area contributed by atoms with E-state index in [1.165, 1.54) is 0 Å². The number of nitrogens with one attached hydrogen (secondary N) is 1. The minimum atomic E-state index is -0.364. The highest BCUT2D eigenvalue weighted by Crippen LogP contribution is 2.19. The fraction of sp³-hybridized carbons (Fsp3) is 0.0667. The Morgan fingerprint density at radius 3 is 2.90 bits per heavy atom. The lowest BCUT2D eigenvalue weighted by atomic mass is 10.2. The Hall–Kier alpha value is -2.33. The van der Waals surface area contributed by atoms with Crippen LogP contribution < -0.4 is 0 Å². The van der Waals surface area contributed by atoms with Gasteiger partial charge in [0.05, 0.1) is 5.56 Å².